The largest absolute Gasteiger partial charge is 0.427 e. The fraction of sp³-hybridized carbons (Fsp3) is 0.533. The van der Waals surface area contributed by atoms with Gasteiger partial charge in [0.25, 0.3) is 0 Å². The Morgan fingerprint density at radius 3 is 2.33 bits per heavy atom. The molecule has 0 aliphatic heterocycles. The first kappa shape index (κ1) is 14.6. The van der Waals surface area contributed by atoms with Gasteiger partial charge in [0.15, 0.2) is 0 Å². The number of carbonyl (C=O) groups is 1. The van der Waals surface area contributed by atoms with Gasteiger partial charge in [0.2, 0.25) is 0 Å². The maximum atomic E-state index is 11.7. The highest BCUT2D eigenvalue weighted by Gasteiger charge is 2.18. The molecule has 0 bridgehead atoms. The maximum absolute atomic E-state index is 11.7. The number of esters is 1. The van der Waals surface area contributed by atoms with Crippen LogP contribution in [0.15, 0.2) is 24.3 Å². The molecule has 18 heavy (non-hydrogen) atoms. The number of nitrogens with two attached hydrogens (primary N) is 1. The van der Waals surface area contributed by atoms with E-state index in [0.29, 0.717) is 23.8 Å². The second kappa shape index (κ2) is 5.89. The van der Waals surface area contributed by atoms with Gasteiger partial charge in [0.05, 0.1) is 0 Å². The Kier molecular flexibility index (Phi) is 4.76. The van der Waals surface area contributed by atoms with Crippen molar-refractivity contribution in [1.82, 2.24) is 0 Å². The third-order valence-electron chi connectivity index (χ3n) is 2.59. The lowest BCUT2D eigenvalue weighted by molar-refractivity contribution is -0.135. The third kappa shape index (κ3) is 5.71. The van der Waals surface area contributed by atoms with Gasteiger partial charge in [-0.15, -0.1) is 0 Å². The first-order chi connectivity index (χ1) is 8.26. The molecule has 1 unspecified atom stereocenters. The van der Waals surface area contributed by atoms with Crippen LogP contribution in [0.5, 0.6) is 5.75 Å². The number of anilines is 1. The number of hydrogen-bond donors (Lipinski definition) is 1. The van der Waals surface area contributed by atoms with Crippen LogP contribution in [-0.2, 0) is 4.79 Å². The van der Waals surface area contributed by atoms with Gasteiger partial charge >= 0.3 is 5.97 Å². The molecule has 0 fully saturated rings. The van der Waals surface area contributed by atoms with E-state index in [0.717, 1.165) is 6.42 Å². The predicted octanol–water partition coefficient (Wildman–Crippen LogP) is 3.64. The molecule has 0 aromatic heterocycles. The van der Waals surface area contributed by atoms with Crippen molar-refractivity contribution in [2.45, 2.75) is 40.5 Å². The Hall–Kier alpha value is -1.51. The summed E-state index contributed by atoms with van der Waals surface area (Å²) in [6.07, 6.45) is 1.45. The summed E-state index contributed by atoms with van der Waals surface area (Å²) in [5.41, 5.74) is 6.47. The summed E-state index contributed by atoms with van der Waals surface area (Å²) in [5.74, 6) is 0.694. The molecule has 100 valence electrons. The smallest absolute Gasteiger partial charge is 0.311 e. The molecule has 1 rings (SSSR count). The molecule has 1 atom stereocenters. The normalized spacial score (nSPS) is 13.1. The van der Waals surface area contributed by atoms with Gasteiger partial charge in [0.1, 0.15) is 5.75 Å². The van der Waals surface area contributed by atoms with Crippen molar-refractivity contribution >= 4 is 11.7 Å². The molecule has 1 aromatic rings. The monoisotopic (exact) mass is 249 g/mol. The topological polar surface area (TPSA) is 52.3 Å². The summed E-state index contributed by atoms with van der Waals surface area (Å²) >= 11 is 0. The molecule has 1 aromatic carbocycles. The van der Waals surface area contributed by atoms with E-state index in [2.05, 4.69) is 27.7 Å². The average Bonchev–Trinajstić information content (AvgIpc) is 2.18. The second-order valence-electron chi connectivity index (χ2n) is 6.12. The zero-order valence-corrected chi connectivity index (χ0v) is 11.7. The van der Waals surface area contributed by atoms with Gasteiger partial charge in [0, 0.05) is 12.1 Å². The van der Waals surface area contributed by atoms with Crippen LogP contribution in [0.25, 0.3) is 0 Å². The molecule has 2 N–H and O–H groups in total. The minimum atomic E-state index is -0.184. The van der Waals surface area contributed by atoms with Crippen LogP contribution in [0.4, 0.5) is 5.69 Å². The molecule has 3 nitrogen and oxygen atoms in total. The summed E-state index contributed by atoms with van der Waals surface area (Å²) in [7, 11) is 0. The Morgan fingerprint density at radius 2 is 1.83 bits per heavy atom. The van der Waals surface area contributed by atoms with E-state index in [-0.39, 0.29) is 11.4 Å². The molecule has 0 aliphatic rings. The number of benzene rings is 1. The van der Waals surface area contributed by atoms with Crippen molar-refractivity contribution in [3.8, 4) is 5.75 Å². The van der Waals surface area contributed by atoms with E-state index in [1.54, 1.807) is 24.3 Å². The van der Waals surface area contributed by atoms with Crippen LogP contribution in [-0.4, -0.2) is 5.97 Å². The number of rotatable bonds is 4. The van der Waals surface area contributed by atoms with Crippen LogP contribution in [0.2, 0.25) is 0 Å². The minimum Gasteiger partial charge on any atom is -0.427 e. The second-order valence-corrected chi connectivity index (χ2v) is 6.12. The summed E-state index contributed by atoms with van der Waals surface area (Å²) < 4.78 is 5.26. The van der Waals surface area contributed by atoms with Crippen LogP contribution in [0.1, 0.15) is 40.5 Å². The molecule has 0 heterocycles. The van der Waals surface area contributed by atoms with Gasteiger partial charge in [-0.1, -0.05) is 27.7 Å². The lowest BCUT2D eigenvalue weighted by Crippen LogP contribution is -2.17. The molecular weight excluding hydrogens is 226 g/mol. The van der Waals surface area contributed by atoms with Gasteiger partial charge in [-0.3, -0.25) is 4.79 Å². The van der Waals surface area contributed by atoms with E-state index in [1.807, 2.05) is 0 Å². The van der Waals surface area contributed by atoms with Crippen molar-refractivity contribution < 1.29 is 9.53 Å². The Balaban J connectivity index is 2.44. The summed E-state index contributed by atoms with van der Waals surface area (Å²) in [4.78, 5) is 11.7. The highest BCUT2D eigenvalue weighted by atomic mass is 16.5. The van der Waals surface area contributed by atoms with E-state index in [9.17, 15) is 4.79 Å². The SMILES string of the molecule is CC(CC(=O)Oc1ccc(N)cc1)CC(C)(C)C. The van der Waals surface area contributed by atoms with E-state index in [1.165, 1.54) is 0 Å². The molecule has 0 saturated carbocycles. The van der Waals surface area contributed by atoms with Gasteiger partial charge in [-0.2, -0.15) is 0 Å². The maximum Gasteiger partial charge on any atom is 0.311 e. The Labute approximate surface area is 109 Å². The zero-order valence-electron chi connectivity index (χ0n) is 11.7. The van der Waals surface area contributed by atoms with E-state index >= 15 is 0 Å². The van der Waals surface area contributed by atoms with Crippen LogP contribution >= 0.6 is 0 Å². The molecular formula is C15H23NO2. The highest BCUT2D eigenvalue weighted by molar-refractivity contribution is 5.72. The predicted molar refractivity (Wildman–Crippen MR) is 74.3 cm³/mol. The minimum absolute atomic E-state index is 0.184. The molecule has 0 saturated heterocycles. The number of hydrogen-bond acceptors (Lipinski definition) is 3. The number of nitrogen functional groups attached to an aromatic ring is 1. The van der Waals surface area contributed by atoms with Crippen molar-refractivity contribution in [1.29, 1.82) is 0 Å². The first-order valence-corrected chi connectivity index (χ1v) is 6.32. The van der Waals surface area contributed by atoms with Crippen LogP contribution in [0.3, 0.4) is 0 Å². The molecule has 0 aliphatic carbocycles. The zero-order chi connectivity index (χ0) is 13.8. The first-order valence-electron chi connectivity index (χ1n) is 6.32. The molecule has 0 radical (unpaired) electrons. The quantitative estimate of drug-likeness (QED) is 0.503. The Bertz CT molecular complexity index is 390. The fourth-order valence-corrected chi connectivity index (χ4v) is 2.11. The summed E-state index contributed by atoms with van der Waals surface area (Å²) in [5, 5.41) is 0. The van der Waals surface area contributed by atoms with Crippen molar-refractivity contribution in [3.63, 3.8) is 0 Å². The lowest BCUT2D eigenvalue weighted by Gasteiger charge is -2.22. The number of ether oxygens (including phenoxy) is 1. The van der Waals surface area contributed by atoms with Gasteiger partial charge in [-0.25, -0.2) is 0 Å². The summed E-state index contributed by atoms with van der Waals surface area (Å²) in [6.45, 7) is 8.61. The van der Waals surface area contributed by atoms with Crippen molar-refractivity contribution in [2.75, 3.05) is 5.73 Å². The van der Waals surface area contributed by atoms with Crippen LogP contribution < -0.4 is 10.5 Å². The number of carbonyl (C=O) groups excluding carboxylic acids is 1. The average molecular weight is 249 g/mol. The van der Waals surface area contributed by atoms with Crippen LogP contribution in [0, 0.1) is 11.3 Å². The fourth-order valence-electron chi connectivity index (χ4n) is 2.11. The summed E-state index contributed by atoms with van der Waals surface area (Å²) in [6, 6.07) is 6.87. The van der Waals surface area contributed by atoms with Gasteiger partial charge < -0.3 is 10.5 Å². The van der Waals surface area contributed by atoms with Crippen molar-refractivity contribution in [2.24, 2.45) is 11.3 Å². The standard InChI is InChI=1S/C15H23NO2/c1-11(10-15(2,3)4)9-14(17)18-13-7-5-12(16)6-8-13/h5-8,11H,9-10,16H2,1-4H3. The lowest BCUT2D eigenvalue weighted by atomic mass is 9.84. The van der Waals surface area contributed by atoms with Crippen molar-refractivity contribution in [3.05, 3.63) is 24.3 Å². The Morgan fingerprint density at radius 1 is 1.28 bits per heavy atom. The molecule has 3 heteroatoms. The molecule has 0 spiro atoms. The van der Waals surface area contributed by atoms with E-state index < -0.39 is 0 Å². The molecule has 0 amide bonds. The third-order valence-corrected chi connectivity index (χ3v) is 2.59. The van der Waals surface area contributed by atoms with E-state index in [4.69, 9.17) is 10.5 Å². The van der Waals surface area contributed by atoms with Gasteiger partial charge in [-0.05, 0) is 42.0 Å². The highest BCUT2D eigenvalue weighted by Crippen LogP contribution is 2.26.